The van der Waals surface area contributed by atoms with Gasteiger partial charge in [-0.1, -0.05) is 29.8 Å². The number of carbonyl (C=O) groups excluding carboxylic acids is 1. The molecule has 1 amide bonds. The van der Waals surface area contributed by atoms with Crippen LogP contribution in [0.15, 0.2) is 47.4 Å². The summed E-state index contributed by atoms with van der Waals surface area (Å²) >= 11 is 0. The van der Waals surface area contributed by atoms with Crippen molar-refractivity contribution in [2.75, 3.05) is 37.6 Å². The highest BCUT2D eigenvalue weighted by Crippen LogP contribution is 2.32. The molecule has 0 unspecified atom stereocenters. The van der Waals surface area contributed by atoms with Gasteiger partial charge < -0.3 is 10.2 Å². The third kappa shape index (κ3) is 4.93. The molecule has 2 aliphatic heterocycles. The van der Waals surface area contributed by atoms with E-state index in [0.717, 1.165) is 56.4 Å². The van der Waals surface area contributed by atoms with Crippen LogP contribution in [-0.4, -0.2) is 51.4 Å². The molecule has 0 saturated carbocycles. The molecule has 2 fully saturated rings. The SMILES string of the molecule is Cc1ccc(CCNC(=O)c2ccc(N3CCCC3)c(S(=O)(=O)N3CCCC3)c2)cc1. The first-order valence-electron chi connectivity index (χ1n) is 11.2. The molecule has 166 valence electrons. The van der Waals surface area contributed by atoms with E-state index in [-0.39, 0.29) is 10.8 Å². The van der Waals surface area contributed by atoms with E-state index < -0.39 is 10.0 Å². The quantitative estimate of drug-likeness (QED) is 0.715. The van der Waals surface area contributed by atoms with Gasteiger partial charge in [0.2, 0.25) is 10.0 Å². The van der Waals surface area contributed by atoms with Gasteiger partial charge in [-0.3, -0.25) is 4.79 Å². The zero-order valence-corrected chi connectivity index (χ0v) is 19.0. The van der Waals surface area contributed by atoms with Gasteiger partial charge in [0.1, 0.15) is 4.90 Å². The van der Waals surface area contributed by atoms with Gasteiger partial charge in [0.25, 0.3) is 5.91 Å². The molecule has 2 heterocycles. The van der Waals surface area contributed by atoms with Crippen molar-refractivity contribution in [3.8, 4) is 0 Å². The molecule has 0 bridgehead atoms. The van der Waals surface area contributed by atoms with Crippen LogP contribution >= 0.6 is 0 Å². The normalized spacial score (nSPS) is 17.3. The smallest absolute Gasteiger partial charge is 0.251 e. The van der Waals surface area contributed by atoms with Crippen molar-refractivity contribution in [1.82, 2.24) is 9.62 Å². The van der Waals surface area contributed by atoms with Gasteiger partial charge in [0.15, 0.2) is 0 Å². The lowest BCUT2D eigenvalue weighted by molar-refractivity contribution is 0.0954. The molecule has 0 aromatic heterocycles. The molecule has 0 radical (unpaired) electrons. The van der Waals surface area contributed by atoms with Crippen LogP contribution in [-0.2, 0) is 16.4 Å². The van der Waals surface area contributed by atoms with E-state index in [2.05, 4.69) is 34.5 Å². The second kappa shape index (κ2) is 9.40. The highest BCUT2D eigenvalue weighted by atomic mass is 32.2. The van der Waals surface area contributed by atoms with Crippen LogP contribution in [0.2, 0.25) is 0 Å². The average Bonchev–Trinajstić information content (AvgIpc) is 3.49. The van der Waals surface area contributed by atoms with Crippen LogP contribution in [0, 0.1) is 6.92 Å². The van der Waals surface area contributed by atoms with Crippen molar-refractivity contribution in [3.05, 3.63) is 59.2 Å². The lowest BCUT2D eigenvalue weighted by Crippen LogP contribution is -2.31. The van der Waals surface area contributed by atoms with E-state index in [1.165, 1.54) is 5.56 Å². The Labute approximate surface area is 185 Å². The third-order valence-electron chi connectivity index (χ3n) is 6.17. The molecule has 0 spiro atoms. The van der Waals surface area contributed by atoms with E-state index in [9.17, 15) is 13.2 Å². The molecular formula is C24H31N3O3S. The van der Waals surface area contributed by atoms with Gasteiger partial charge in [0, 0.05) is 38.3 Å². The summed E-state index contributed by atoms with van der Waals surface area (Å²) in [5.41, 5.74) is 3.48. The van der Waals surface area contributed by atoms with Crippen LogP contribution < -0.4 is 10.2 Å². The fraction of sp³-hybridized carbons (Fsp3) is 0.458. The monoisotopic (exact) mass is 441 g/mol. The van der Waals surface area contributed by atoms with Crippen LogP contribution in [0.5, 0.6) is 0 Å². The Morgan fingerprint density at radius 1 is 0.935 bits per heavy atom. The van der Waals surface area contributed by atoms with Crippen molar-refractivity contribution in [2.24, 2.45) is 0 Å². The van der Waals surface area contributed by atoms with E-state index in [0.29, 0.717) is 25.2 Å². The number of hydrogen-bond donors (Lipinski definition) is 1. The predicted molar refractivity (Wildman–Crippen MR) is 123 cm³/mol. The molecule has 2 aromatic carbocycles. The number of amides is 1. The summed E-state index contributed by atoms with van der Waals surface area (Å²) in [6.45, 7) is 5.36. The third-order valence-corrected chi connectivity index (χ3v) is 8.10. The summed E-state index contributed by atoms with van der Waals surface area (Å²) in [5.74, 6) is -0.238. The molecule has 1 N–H and O–H groups in total. The second-order valence-electron chi connectivity index (χ2n) is 8.48. The van der Waals surface area contributed by atoms with Gasteiger partial charge in [-0.15, -0.1) is 0 Å². The second-order valence-corrected chi connectivity index (χ2v) is 10.4. The number of sulfonamides is 1. The number of benzene rings is 2. The van der Waals surface area contributed by atoms with Gasteiger partial charge in [-0.2, -0.15) is 4.31 Å². The molecule has 0 aliphatic carbocycles. The molecule has 2 aliphatic rings. The minimum absolute atomic E-state index is 0.238. The van der Waals surface area contributed by atoms with E-state index in [4.69, 9.17) is 0 Å². The highest BCUT2D eigenvalue weighted by Gasteiger charge is 2.32. The number of carbonyl (C=O) groups is 1. The summed E-state index contributed by atoms with van der Waals surface area (Å²) in [6.07, 6.45) is 4.63. The summed E-state index contributed by atoms with van der Waals surface area (Å²) in [4.78, 5) is 15.2. The van der Waals surface area contributed by atoms with Crippen LogP contribution in [0.3, 0.4) is 0 Å². The summed E-state index contributed by atoms with van der Waals surface area (Å²) in [5, 5.41) is 2.94. The zero-order valence-electron chi connectivity index (χ0n) is 18.1. The lowest BCUT2D eigenvalue weighted by Gasteiger charge is -2.24. The maximum absolute atomic E-state index is 13.4. The Kier molecular flexibility index (Phi) is 6.62. The lowest BCUT2D eigenvalue weighted by atomic mass is 10.1. The minimum atomic E-state index is -3.62. The number of anilines is 1. The largest absolute Gasteiger partial charge is 0.370 e. The maximum atomic E-state index is 13.4. The summed E-state index contributed by atoms with van der Waals surface area (Å²) in [6, 6.07) is 13.4. The number of nitrogens with zero attached hydrogens (tertiary/aromatic N) is 2. The Hall–Kier alpha value is -2.38. The Morgan fingerprint density at radius 2 is 1.58 bits per heavy atom. The molecular weight excluding hydrogens is 410 g/mol. The van der Waals surface area contributed by atoms with Gasteiger partial charge >= 0.3 is 0 Å². The average molecular weight is 442 g/mol. The molecule has 4 rings (SSSR count). The Morgan fingerprint density at radius 3 is 2.26 bits per heavy atom. The standard InChI is InChI=1S/C24H31N3O3S/c1-19-6-8-20(9-7-19)12-13-25-24(28)21-10-11-22(26-14-2-3-15-26)23(18-21)31(29,30)27-16-4-5-17-27/h6-11,18H,2-5,12-17H2,1H3,(H,25,28). The fourth-order valence-corrected chi connectivity index (χ4v) is 6.08. The molecule has 2 saturated heterocycles. The van der Waals surface area contributed by atoms with Crippen molar-refractivity contribution in [2.45, 2.75) is 43.9 Å². The molecule has 31 heavy (non-hydrogen) atoms. The number of aryl methyl sites for hydroxylation is 1. The molecule has 0 atom stereocenters. The van der Waals surface area contributed by atoms with Gasteiger partial charge in [-0.25, -0.2) is 8.42 Å². The van der Waals surface area contributed by atoms with Gasteiger partial charge in [0.05, 0.1) is 5.69 Å². The highest BCUT2D eigenvalue weighted by molar-refractivity contribution is 7.89. The van der Waals surface area contributed by atoms with Crippen molar-refractivity contribution >= 4 is 21.6 Å². The molecule has 7 heteroatoms. The van der Waals surface area contributed by atoms with E-state index in [1.807, 2.05) is 13.0 Å². The van der Waals surface area contributed by atoms with E-state index >= 15 is 0 Å². The fourth-order valence-electron chi connectivity index (χ4n) is 4.33. The first-order chi connectivity index (χ1) is 14.9. The van der Waals surface area contributed by atoms with E-state index in [1.54, 1.807) is 16.4 Å². The van der Waals surface area contributed by atoms with Crippen LogP contribution in [0.4, 0.5) is 5.69 Å². The van der Waals surface area contributed by atoms with Crippen molar-refractivity contribution in [3.63, 3.8) is 0 Å². The van der Waals surface area contributed by atoms with Crippen molar-refractivity contribution < 1.29 is 13.2 Å². The van der Waals surface area contributed by atoms with Gasteiger partial charge in [-0.05, 0) is 62.8 Å². The molecule has 6 nitrogen and oxygen atoms in total. The van der Waals surface area contributed by atoms with Crippen LogP contribution in [0.25, 0.3) is 0 Å². The molecule has 2 aromatic rings. The number of nitrogens with one attached hydrogen (secondary N) is 1. The number of rotatable bonds is 7. The first kappa shape index (κ1) is 21.8. The predicted octanol–water partition coefficient (Wildman–Crippen LogP) is 3.35. The zero-order chi connectivity index (χ0) is 21.8. The van der Waals surface area contributed by atoms with Crippen molar-refractivity contribution in [1.29, 1.82) is 0 Å². The maximum Gasteiger partial charge on any atom is 0.251 e. The minimum Gasteiger partial charge on any atom is -0.370 e. The Bertz CT molecular complexity index is 1020. The summed E-state index contributed by atoms with van der Waals surface area (Å²) in [7, 11) is -3.62. The number of hydrogen-bond acceptors (Lipinski definition) is 4. The Balaban J connectivity index is 1.53. The van der Waals surface area contributed by atoms with Crippen LogP contribution in [0.1, 0.15) is 47.2 Å². The first-order valence-corrected chi connectivity index (χ1v) is 12.6. The summed E-state index contributed by atoms with van der Waals surface area (Å²) < 4.78 is 28.3. The topological polar surface area (TPSA) is 69.7 Å².